The first-order chi connectivity index (χ1) is 12.7. The van der Waals surface area contributed by atoms with Gasteiger partial charge < -0.3 is 5.11 Å². The van der Waals surface area contributed by atoms with Crippen LogP contribution in [0.25, 0.3) is 0 Å². The number of rotatable bonds is 21. The van der Waals surface area contributed by atoms with Crippen LogP contribution in [0.4, 0.5) is 0 Å². The highest BCUT2D eigenvalue weighted by molar-refractivity contribution is 5.78. The van der Waals surface area contributed by atoms with Gasteiger partial charge in [-0.15, -0.1) is 0 Å². The van der Waals surface area contributed by atoms with Gasteiger partial charge in [-0.05, 0) is 19.3 Å². The van der Waals surface area contributed by atoms with Crippen molar-refractivity contribution < 1.29 is 14.7 Å². The molecule has 0 aromatic rings. The molecule has 0 aliphatic heterocycles. The van der Waals surface area contributed by atoms with E-state index in [1.54, 1.807) is 0 Å². The summed E-state index contributed by atoms with van der Waals surface area (Å²) < 4.78 is 0. The molecule has 26 heavy (non-hydrogen) atoms. The SMILES string of the molecule is CCCCCCCCCCCCCC(=O)CCCCCCCCC(=O)O. The lowest BCUT2D eigenvalue weighted by atomic mass is 10.0. The quantitative estimate of drug-likeness (QED) is 0.214. The predicted molar refractivity (Wildman–Crippen MR) is 111 cm³/mol. The summed E-state index contributed by atoms with van der Waals surface area (Å²) >= 11 is 0. The summed E-state index contributed by atoms with van der Waals surface area (Å²) in [6.45, 7) is 2.26. The van der Waals surface area contributed by atoms with Crippen LogP contribution in [0.1, 0.15) is 135 Å². The van der Waals surface area contributed by atoms with Gasteiger partial charge in [0.2, 0.25) is 0 Å². The standard InChI is InChI=1S/C23H44O3/c1-2-3-4-5-6-7-8-9-10-13-16-19-22(24)20-17-14-11-12-15-18-21-23(25)26/h2-21H2,1H3,(H,25,26). The minimum absolute atomic E-state index is 0.289. The average molecular weight is 369 g/mol. The van der Waals surface area contributed by atoms with Crippen molar-refractivity contribution in [1.82, 2.24) is 0 Å². The zero-order valence-electron chi connectivity index (χ0n) is 17.4. The van der Waals surface area contributed by atoms with E-state index >= 15 is 0 Å². The predicted octanol–water partition coefficient (Wildman–Crippen LogP) is 7.46. The molecule has 0 saturated heterocycles. The molecule has 3 nitrogen and oxygen atoms in total. The molecule has 0 rings (SSSR count). The van der Waals surface area contributed by atoms with Gasteiger partial charge in [-0.2, -0.15) is 0 Å². The normalized spacial score (nSPS) is 11.0. The van der Waals surface area contributed by atoms with E-state index in [1.165, 1.54) is 64.2 Å². The van der Waals surface area contributed by atoms with E-state index in [9.17, 15) is 9.59 Å². The smallest absolute Gasteiger partial charge is 0.303 e. The van der Waals surface area contributed by atoms with Gasteiger partial charge in [0.15, 0.2) is 0 Å². The van der Waals surface area contributed by atoms with E-state index in [0.29, 0.717) is 5.78 Å². The number of hydrogen-bond donors (Lipinski definition) is 1. The maximum Gasteiger partial charge on any atom is 0.303 e. The molecule has 0 radical (unpaired) electrons. The second-order valence-corrected chi connectivity index (χ2v) is 7.84. The molecule has 0 atom stereocenters. The van der Waals surface area contributed by atoms with Crippen LogP contribution in [-0.2, 0) is 9.59 Å². The first kappa shape index (κ1) is 25.1. The first-order valence-electron chi connectivity index (χ1n) is 11.4. The maximum atomic E-state index is 11.8. The van der Waals surface area contributed by atoms with E-state index in [2.05, 4.69) is 6.92 Å². The fourth-order valence-electron chi connectivity index (χ4n) is 3.42. The van der Waals surface area contributed by atoms with E-state index in [-0.39, 0.29) is 6.42 Å². The molecule has 3 heteroatoms. The third-order valence-electron chi connectivity index (χ3n) is 5.16. The minimum Gasteiger partial charge on any atom is -0.481 e. The van der Waals surface area contributed by atoms with Crippen LogP contribution < -0.4 is 0 Å². The molecule has 0 amide bonds. The molecule has 0 fully saturated rings. The summed E-state index contributed by atoms with van der Waals surface area (Å²) in [4.78, 5) is 22.2. The number of aliphatic carboxylic acids is 1. The van der Waals surface area contributed by atoms with E-state index in [4.69, 9.17) is 5.11 Å². The monoisotopic (exact) mass is 368 g/mol. The topological polar surface area (TPSA) is 54.4 Å². The lowest BCUT2D eigenvalue weighted by Gasteiger charge is -2.03. The Bertz CT molecular complexity index is 325. The number of carbonyl (C=O) groups is 2. The van der Waals surface area contributed by atoms with Crippen LogP contribution in [0, 0.1) is 0 Å². The van der Waals surface area contributed by atoms with E-state index < -0.39 is 5.97 Å². The molecular formula is C23H44O3. The third-order valence-corrected chi connectivity index (χ3v) is 5.16. The van der Waals surface area contributed by atoms with Crippen molar-refractivity contribution in [3.8, 4) is 0 Å². The molecular weight excluding hydrogens is 324 g/mol. The Morgan fingerprint density at radius 2 is 0.808 bits per heavy atom. The van der Waals surface area contributed by atoms with Crippen molar-refractivity contribution in [2.75, 3.05) is 0 Å². The molecule has 0 saturated carbocycles. The molecule has 0 aromatic carbocycles. The molecule has 154 valence electrons. The second-order valence-electron chi connectivity index (χ2n) is 7.84. The number of carbonyl (C=O) groups excluding carboxylic acids is 1. The number of carboxylic acid groups (broad SMARTS) is 1. The second kappa shape index (κ2) is 20.5. The molecule has 0 unspecified atom stereocenters. The van der Waals surface area contributed by atoms with Gasteiger partial charge in [-0.1, -0.05) is 96.8 Å². The minimum atomic E-state index is -0.696. The van der Waals surface area contributed by atoms with Crippen molar-refractivity contribution in [1.29, 1.82) is 0 Å². The average Bonchev–Trinajstić information content (AvgIpc) is 2.61. The zero-order chi connectivity index (χ0) is 19.3. The van der Waals surface area contributed by atoms with Gasteiger partial charge in [-0.3, -0.25) is 9.59 Å². The Hall–Kier alpha value is -0.860. The Morgan fingerprint density at radius 3 is 1.15 bits per heavy atom. The van der Waals surface area contributed by atoms with Crippen LogP contribution in [-0.4, -0.2) is 16.9 Å². The van der Waals surface area contributed by atoms with E-state index in [1.807, 2.05) is 0 Å². The summed E-state index contributed by atoms with van der Waals surface area (Å²) in [6.07, 6.45) is 22.5. The summed E-state index contributed by atoms with van der Waals surface area (Å²) in [6, 6.07) is 0. The summed E-state index contributed by atoms with van der Waals surface area (Å²) in [7, 11) is 0. The largest absolute Gasteiger partial charge is 0.481 e. The molecule has 0 heterocycles. The van der Waals surface area contributed by atoms with Crippen LogP contribution in [0.5, 0.6) is 0 Å². The maximum absolute atomic E-state index is 11.8. The zero-order valence-corrected chi connectivity index (χ0v) is 17.4. The van der Waals surface area contributed by atoms with Gasteiger partial charge in [0.1, 0.15) is 5.78 Å². The molecule has 0 aromatic heterocycles. The van der Waals surface area contributed by atoms with Crippen molar-refractivity contribution in [2.24, 2.45) is 0 Å². The Balaban J connectivity index is 3.16. The molecule has 0 bridgehead atoms. The van der Waals surface area contributed by atoms with Gasteiger partial charge in [0, 0.05) is 19.3 Å². The Morgan fingerprint density at radius 1 is 0.500 bits per heavy atom. The molecule has 1 N–H and O–H groups in total. The molecule has 0 aliphatic rings. The van der Waals surface area contributed by atoms with Crippen molar-refractivity contribution in [3.05, 3.63) is 0 Å². The fourth-order valence-corrected chi connectivity index (χ4v) is 3.42. The Kier molecular flexibility index (Phi) is 19.8. The summed E-state index contributed by atoms with van der Waals surface area (Å²) in [5.74, 6) is -0.259. The fraction of sp³-hybridized carbons (Fsp3) is 0.913. The lowest BCUT2D eigenvalue weighted by Crippen LogP contribution is -1.97. The number of Topliss-reactive ketones (excluding diaryl/α,β-unsaturated/α-hetero) is 1. The van der Waals surface area contributed by atoms with Crippen LogP contribution >= 0.6 is 0 Å². The van der Waals surface area contributed by atoms with Crippen LogP contribution in [0.15, 0.2) is 0 Å². The summed E-state index contributed by atoms with van der Waals surface area (Å²) in [5.41, 5.74) is 0. The van der Waals surface area contributed by atoms with Gasteiger partial charge in [-0.25, -0.2) is 0 Å². The lowest BCUT2D eigenvalue weighted by molar-refractivity contribution is -0.137. The number of ketones is 1. The van der Waals surface area contributed by atoms with E-state index in [0.717, 1.165) is 57.8 Å². The number of hydrogen-bond acceptors (Lipinski definition) is 2. The number of unbranched alkanes of at least 4 members (excludes halogenated alkanes) is 15. The van der Waals surface area contributed by atoms with Crippen molar-refractivity contribution in [2.45, 2.75) is 135 Å². The molecule has 0 aliphatic carbocycles. The first-order valence-corrected chi connectivity index (χ1v) is 11.4. The van der Waals surface area contributed by atoms with Crippen molar-refractivity contribution >= 4 is 11.8 Å². The van der Waals surface area contributed by atoms with Gasteiger partial charge in [0.05, 0.1) is 0 Å². The van der Waals surface area contributed by atoms with Crippen LogP contribution in [0.3, 0.4) is 0 Å². The summed E-state index contributed by atoms with van der Waals surface area (Å²) in [5, 5.41) is 8.56. The third kappa shape index (κ3) is 21.2. The van der Waals surface area contributed by atoms with Crippen molar-refractivity contribution in [3.63, 3.8) is 0 Å². The molecule has 0 spiro atoms. The Labute approximate surface area is 162 Å². The number of carboxylic acids is 1. The highest BCUT2D eigenvalue weighted by atomic mass is 16.4. The van der Waals surface area contributed by atoms with Gasteiger partial charge in [0.25, 0.3) is 0 Å². The van der Waals surface area contributed by atoms with Gasteiger partial charge >= 0.3 is 5.97 Å². The highest BCUT2D eigenvalue weighted by Gasteiger charge is 2.02. The van der Waals surface area contributed by atoms with Crippen LogP contribution in [0.2, 0.25) is 0 Å². The highest BCUT2D eigenvalue weighted by Crippen LogP contribution is 2.13.